The highest BCUT2D eigenvalue weighted by Crippen LogP contribution is 2.39. The van der Waals surface area contributed by atoms with Gasteiger partial charge in [0.25, 0.3) is 0 Å². The Hall–Kier alpha value is -6.10. The monoisotopic (exact) mass is 811 g/mol. The number of sulfonamides is 1. The Labute approximate surface area is 331 Å². The van der Waals surface area contributed by atoms with Crippen LogP contribution < -0.4 is 26.0 Å². The molecule has 2 fully saturated rings. The Balaban J connectivity index is 1.07. The van der Waals surface area contributed by atoms with Crippen LogP contribution in [0.3, 0.4) is 0 Å². The van der Waals surface area contributed by atoms with E-state index in [-0.39, 0.29) is 35.8 Å². The van der Waals surface area contributed by atoms with E-state index in [1.165, 1.54) is 40.0 Å². The molecule has 2 aliphatic rings. The Morgan fingerprint density at radius 3 is 2.34 bits per heavy atom. The minimum Gasteiger partial charge on any atom is -0.394 e. The molecule has 5 atom stereocenters. The Morgan fingerprint density at radius 2 is 1.67 bits per heavy atom. The number of urea groups is 1. The second-order valence-electron chi connectivity index (χ2n) is 13.9. The smallest absolute Gasteiger partial charge is 0.319 e. The van der Waals surface area contributed by atoms with Crippen molar-refractivity contribution >= 4 is 44.7 Å². The second-order valence-corrected chi connectivity index (χ2v) is 15.5. The zero-order chi connectivity index (χ0) is 40.4. The summed E-state index contributed by atoms with van der Waals surface area (Å²) in [5.74, 6) is 0.730. The highest BCUT2D eigenvalue weighted by molar-refractivity contribution is 7.89. The molecule has 8 N–H and O–H groups in total. The van der Waals surface area contributed by atoms with Crippen LogP contribution in [0.25, 0.3) is 11.2 Å². The quantitative estimate of drug-likeness (QED) is 0.0860. The number of carbonyl (C=O) groups excluding carboxylic acids is 1. The molecule has 6 aromatic rings. The second kappa shape index (κ2) is 16.4. The van der Waals surface area contributed by atoms with E-state index in [1.54, 1.807) is 0 Å². The number of aliphatic hydroxyl groups excluding tert-OH is 3. The number of carbonyl (C=O) groups is 1. The Bertz CT molecular complexity index is 2430. The van der Waals surface area contributed by atoms with Gasteiger partial charge in [-0.1, -0.05) is 60.7 Å². The van der Waals surface area contributed by atoms with Crippen LogP contribution in [0.1, 0.15) is 41.6 Å². The lowest BCUT2D eigenvalue weighted by Gasteiger charge is -2.22. The molecule has 3 aromatic carbocycles. The minimum absolute atomic E-state index is 0.0395. The molecule has 0 radical (unpaired) electrons. The molecule has 3 aromatic heterocycles. The molecule has 302 valence electrons. The summed E-state index contributed by atoms with van der Waals surface area (Å²) in [6.45, 7) is 1.16. The highest BCUT2D eigenvalue weighted by Gasteiger charge is 2.47. The van der Waals surface area contributed by atoms with Gasteiger partial charge in [0.2, 0.25) is 21.8 Å². The summed E-state index contributed by atoms with van der Waals surface area (Å²) in [6.07, 6.45) is -3.11. The molecule has 0 aliphatic carbocycles. The van der Waals surface area contributed by atoms with Gasteiger partial charge in [-0.3, -0.25) is 4.57 Å². The van der Waals surface area contributed by atoms with Crippen molar-refractivity contribution in [2.75, 3.05) is 41.8 Å². The number of hydrogen-bond acceptors (Lipinski definition) is 15. The summed E-state index contributed by atoms with van der Waals surface area (Å²) in [5.41, 5.74) is 3.28. The van der Waals surface area contributed by atoms with Crippen molar-refractivity contribution in [3.8, 4) is 0 Å². The average Bonchev–Trinajstić information content (AvgIpc) is 4.03. The molecule has 0 spiro atoms. The number of amides is 2. The number of primary sulfonamides is 1. The molecular formula is C37H41N13O7S. The minimum atomic E-state index is -3.88. The lowest BCUT2D eigenvalue weighted by molar-refractivity contribution is -0.0384. The van der Waals surface area contributed by atoms with Gasteiger partial charge in [-0.2, -0.15) is 14.8 Å². The van der Waals surface area contributed by atoms with E-state index in [2.05, 4.69) is 60.6 Å². The third kappa shape index (κ3) is 8.16. The maximum absolute atomic E-state index is 13.0. The molecule has 8 rings (SSSR count). The maximum Gasteiger partial charge on any atom is 0.319 e. The number of nitrogens with one attached hydrogen (secondary N) is 3. The van der Waals surface area contributed by atoms with Gasteiger partial charge in [0.1, 0.15) is 12.2 Å². The van der Waals surface area contributed by atoms with E-state index in [0.29, 0.717) is 54.7 Å². The third-order valence-corrected chi connectivity index (χ3v) is 11.0. The first-order chi connectivity index (χ1) is 28.1. The first-order valence-electron chi connectivity index (χ1n) is 18.5. The summed E-state index contributed by atoms with van der Waals surface area (Å²) in [6, 6.07) is 24.9. The third-order valence-electron chi connectivity index (χ3n) is 10.1. The van der Waals surface area contributed by atoms with Crippen LogP contribution >= 0.6 is 0 Å². The first-order valence-corrected chi connectivity index (χ1v) is 20.0. The van der Waals surface area contributed by atoms with E-state index in [4.69, 9.17) is 19.8 Å². The van der Waals surface area contributed by atoms with Gasteiger partial charge in [-0.15, -0.1) is 10.2 Å². The summed E-state index contributed by atoms with van der Waals surface area (Å²) in [5, 5.41) is 58.1. The van der Waals surface area contributed by atoms with Crippen molar-refractivity contribution in [1.82, 2.24) is 45.0 Å². The number of rotatable bonds is 13. The normalized spacial score (nSPS) is 20.8. The van der Waals surface area contributed by atoms with Gasteiger partial charge in [0, 0.05) is 37.3 Å². The van der Waals surface area contributed by atoms with Crippen LogP contribution in [0, 0.1) is 0 Å². The lowest BCUT2D eigenvalue weighted by atomic mass is 9.91. The largest absolute Gasteiger partial charge is 0.394 e. The molecule has 21 heteroatoms. The number of anilines is 3. The topological polar surface area (TPSA) is 274 Å². The van der Waals surface area contributed by atoms with Gasteiger partial charge < -0.3 is 40.9 Å². The number of nitrogens with two attached hydrogens (primary N) is 1. The molecule has 5 heterocycles. The van der Waals surface area contributed by atoms with Crippen LogP contribution in [0.2, 0.25) is 0 Å². The molecule has 20 nitrogen and oxygen atoms in total. The molecule has 2 aliphatic heterocycles. The van der Waals surface area contributed by atoms with Crippen molar-refractivity contribution in [3.63, 3.8) is 0 Å². The molecule has 0 saturated carbocycles. The highest BCUT2D eigenvalue weighted by atomic mass is 32.2. The number of fused-ring (bicyclic) bond motifs is 1. The SMILES string of the molecule is NS(=O)(=O)c1ccc(NC(=O)NC2CCN(c3nc(NCC(c4ccccc4)c4ccccc4)c4ncn(C5OC(c6nnn(CCO)n6)C(O)C5O)c4n3)C2)cc1. The van der Waals surface area contributed by atoms with E-state index < -0.39 is 40.6 Å². The number of aliphatic hydroxyl groups is 3. The number of nitrogens with zero attached hydrogens (tertiary/aromatic N) is 9. The number of hydrogen-bond donors (Lipinski definition) is 7. The average molecular weight is 812 g/mol. The first kappa shape index (κ1) is 38.8. The Morgan fingerprint density at radius 1 is 0.966 bits per heavy atom. The fraction of sp³-hybridized carbons (Fsp3) is 0.324. The summed E-state index contributed by atoms with van der Waals surface area (Å²) in [4.78, 5) is 30.5. The van der Waals surface area contributed by atoms with Crippen LogP contribution in [-0.2, 0) is 21.3 Å². The van der Waals surface area contributed by atoms with E-state index in [0.717, 1.165) is 11.1 Å². The predicted molar refractivity (Wildman–Crippen MR) is 209 cm³/mol. The van der Waals surface area contributed by atoms with Crippen LogP contribution in [0.15, 0.2) is 96.2 Å². The molecule has 58 heavy (non-hydrogen) atoms. The van der Waals surface area contributed by atoms with Crippen LogP contribution in [0.5, 0.6) is 0 Å². The van der Waals surface area contributed by atoms with Gasteiger partial charge >= 0.3 is 6.03 Å². The van der Waals surface area contributed by atoms with Crippen molar-refractivity contribution < 1.29 is 33.3 Å². The molecule has 2 saturated heterocycles. The predicted octanol–water partition coefficient (Wildman–Crippen LogP) is 1.09. The van der Waals surface area contributed by atoms with E-state index in [1.807, 2.05) is 41.3 Å². The van der Waals surface area contributed by atoms with Gasteiger partial charge in [-0.25, -0.2) is 23.3 Å². The number of imidazole rings is 1. The molecule has 2 amide bonds. The zero-order valence-corrected chi connectivity index (χ0v) is 31.7. The summed E-state index contributed by atoms with van der Waals surface area (Å²) < 4.78 is 30.9. The van der Waals surface area contributed by atoms with Crippen molar-refractivity contribution in [2.45, 2.75) is 54.4 Å². The van der Waals surface area contributed by atoms with Gasteiger partial charge in [0.15, 0.2) is 29.3 Å². The number of aromatic nitrogens is 8. The zero-order valence-electron chi connectivity index (χ0n) is 30.9. The molecule has 0 bridgehead atoms. The standard InChI is InChI=1S/C37H41N13O7S/c38-58(55,56)26-13-11-24(12-14-26)41-37(54)42-25-15-16-48(20-25)36-43-32(39-19-27(22-7-3-1-4-8-22)23-9-5-2-6-10-23)28-34(44-36)49(21-40-28)35-30(53)29(52)31(57-35)33-45-47-50(46-33)17-18-51/h1-14,21,25,27,29-31,35,51-53H,15-20H2,(H2,38,55,56)(H,39,43,44)(H2,41,42,54). The van der Waals surface area contributed by atoms with Gasteiger partial charge in [-0.05, 0) is 47.0 Å². The fourth-order valence-electron chi connectivity index (χ4n) is 7.15. The number of benzene rings is 3. The van der Waals surface area contributed by atoms with Gasteiger partial charge in [0.05, 0.1) is 24.4 Å². The fourth-order valence-corrected chi connectivity index (χ4v) is 7.67. The summed E-state index contributed by atoms with van der Waals surface area (Å²) in [7, 11) is -3.88. The van der Waals surface area contributed by atoms with Crippen LogP contribution in [-0.4, -0.2) is 114 Å². The summed E-state index contributed by atoms with van der Waals surface area (Å²) >= 11 is 0. The molecule has 5 unspecified atom stereocenters. The number of ether oxygens (including phenoxy) is 1. The van der Waals surface area contributed by atoms with Crippen molar-refractivity contribution in [1.29, 1.82) is 0 Å². The van der Waals surface area contributed by atoms with E-state index in [9.17, 15) is 28.5 Å². The maximum atomic E-state index is 13.0. The van der Waals surface area contributed by atoms with Crippen molar-refractivity contribution in [3.05, 3.63) is 108 Å². The van der Waals surface area contributed by atoms with E-state index >= 15 is 0 Å². The lowest BCUT2D eigenvalue weighted by Crippen LogP contribution is -2.40. The van der Waals surface area contributed by atoms with Crippen LogP contribution in [0.4, 0.5) is 22.2 Å². The van der Waals surface area contributed by atoms with Crippen molar-refractivity contribution in [2.24, 2.45) is 5.14 Å². The molecular weight excluding hydrogens is 771 g/mol. The Kier molecular flexibility index (Phi) is 11.0. The number of tetrazole rings is 1.